The minimum atomic E-state index is -0.856. The predicted octanol–water partition coefficient (Wildman–Crippen LogP) is 1.31. The summed E-state index contributed by atoms with van der Waals surface area (Å²) in [6.45, 7) is 6.19. The second-order valence-electron chi connectivity index (χ2n) is 5.39. The van der Waals surface area contributed by atoms with E-state index in [-0.39, 0.29) is 24.9 Å². The third kappa shape index (κ3) is 7.28. The van der Waals surface area contributed by atoms with Crippen LogP contribution in [0.1, 0.15) is 38.4 Å². The standard InChI is InChI=1S/C13H22N4O4/c1-8(2)4-10(5-12(18)19)6-14-13(20)15-7-11-16-9(3)21-17-11/h8,10H,4-7H2,1-3H3,(H,18,19)(H2,14,15,20)/t10-/m0/s1. The molecule has 8 nitrogen and oxygen atoms in total. The zero-order valence-corrected chi connectivity index (χ0v) is 12.5. The Bertz CT molecular complexity index is 472. The van der Waals surface area contributed by atoms with Gasteiger partial charge in [-0.15, -0.1) is 0 Å². The van der Waals surface area contributed by atoms with Crippen LogP contribution in [0.4, 0.5) is 4.79 Å². The number of hydrogen-bond donors (Lipinski definition) is 3. The largest absolute Gasteiger partial charge is 0.481 e. The number of nitrogens with one attached hydrogen (secondary N) is 2. The molecular formula is C13H22N4O4. The van der Waals surface area contributed by atoms with E-state index in [1.54, 1.807) is 6.92 Å². The van der Waals surface area contributed by atoms with Crippen LogP contribution in [0.5, 0.6) is 0 Å². The number of aliphatic carboxylic acids is 1. The van der Waals surface area contributed by atoms with E-state index in [1.165, 1.54) is 0 Å². The van der Waals surface area contributed by atoms with Crippen LogP contribution < -0.4 is 10.6 Å². The van der Waals surface area contributed by atoms with Gasteiger partial charge in [0.2, 0.25) is 5.89 Å². The Balaban J connectivity index is 2.33. The van der Waals surface area contributed by atoms with Crippen molar-refractivity contribution in [1.29, 1.82) is 0 Å². The van der Waals surface area contributed by atoms with Crippen molar-refractivity contribution in [3.05, 3.63) is 11.7 Å². The Labute approximate surface area is 123 Å². The van der Waals surface area contributed by atoms with E-state index in [4.69, 9.17) is 9.63 Å². The van der Waals surface area contributed by atoms with Gasteiger partial charge in [0.25, 0.3) is 0 Å². The maximum atomic E-state index is 11.6. The molecule has 0 radical (unpaired) electrons. The molecule has 0 bridgehead atoms. The minimum absolute atomic E-state index is 0.0441. The summed E-state index contributed by atoms with van der Waals surface area (Å²) >= 11 is 0. The second-order valence-corrected chi connectivity index (χ2v) is 5.39. The van der Waals surface area contributed by atoms with Gasteiger partial charge in [-0.1, -0.05) is 19.0 Å². The summed E-state index contributed by atoms with van der Waals surface area (Å²) in [7, 11) is 0. The monoisotopic (exact) mass is 298 g/mol. The van der Waals surface area contributed by atoms with Crippen molar-refractivity contribution in [3.8, 4) is 0 Å². The van der Waals surface area contributed by atoms with Gasteiger partial charge in [-0.25, -0.2) is 4.79 Å². The molecule has 1 heterocycles. The molecule has 2 amide bonds. The maximum Gasteiger partial charge on any atom is 0.315 e. The lowest BCUT2D eigenvalue weighted by molar-refractivity contribution is -0.138. The number of carboxylic acids is 1. The number of aryl methyl sites for hydroxylation is 1. The van der Waals surface area contributed by atoms with Crippen molar-refractivity contribution in [1.82, 2.24) is 20.8 Å². The van der Waals surface area contributed by atoms with Crippen LogP contribution in [0.15, 0.2) is 4.52 Å². The highest BCUT2D eigenvalue weighted by atomic mass is 16.5. The molecule has 0 unspecified atom stereocenters. The molecule has 0 saturated carbocycles. The zero-order valence-electron chi connectivity index (χ0n) is 12.5. The highest BCUT2D eigenvalue weighted by Gasteiger charge is 2.16. The highest BCUT2D eigenvalue weighted by molar-refractivity contribution is 5.73. The number of amides is 2. The van der Waals surface area contributed by atoms with E-state index in [2.05, 4.69) is 20.8 Å². The van der Waals surface area contributed by atoms with Crippen LogP contribution in [0.2, 0.25) is 0 Å². The molecule has 0 aliphatic rings. The molecule has 0 aromatic carbocycles. The van der Waals surface area contributed by atoms with Gasteiger partial charge < -0.3 is 20.3 Å². The number of aromatic nitrogens is 2. The summed E-state index contributed by atoms with van der Waals surface area (Å²) < 4.78 is 4.78. The number of carboxylic acid groups (broad SMARTS) is 1. The third-order valence-corrected chi connectivity index (χ3v) is 2.80. The van der Waals surface area contributed by atoms with Crippen molar-refractivity contribution in [2.45, 2.75) is 40.2 Å². The first-order valence-corrected chi connectivity index (χ1v) is 6.89. The molecule has 1 atom stereocenters. The number of urea groups is 1. The first kappa shape index (κ1) is 16.9. The van der Waals surface area contributed by atoms with Crippen molar-refractivity contribution in [3.63, 3.8) is 0 Å². The lowest BCUT2D eigenvalue weighted by Crippen LogP contribution is -2.38. The third-order valence-electron chi connectivity index (χ3n) is 2.80. The lowest BCUT2D eigenvalue weighted by Gasteiger charge is -2.17. The first-order chi connectivity index (χ1) is 9.86. The van der Waals surface area contributed by atoms with Crippen LogP contribution in [0, 0.1) is 18.8 Å². The highest BCUT2D eigenvalue weighted by Crippen LogP contribution is 2.14. The van der Waals surface area contributed by atoms with Gasteiger partial charge in [-0.3, -0.25) is 4.79 Å². The molecule has 118 valence electrons. The summed E-state index contributed by atoms with van der Waals surface area (Å²) in [6, 6.07) is -0.378. The summed E-state index contributed by atoms with van der Waals surface area (Å²) in [5.41, 5.74) is 0. The van der Waals surface area contributed by atoms with Gasteiger partial charge in [-0.2, -0.15) is 4.98 Å². The topological polar surface area (TPSA) is 117 Å². The van der Waals surface area contributed by atoms with Gasteiger partial charge in [-0.05, 0) is 18.3 Å². The zero-order chi connectivity index (χ0) is 15.8. The first-order valence-electron chi connectivity index (χ1n) is 6.89. The molecule has 8 heteroatoms. The van der Waals surface area contributed by atoms with Gasteiger partial charge in [0.05, 0.1) is 6.54 Å². The van der Waals surface area contributed by atoms with E-state index in [0.717, 1.165) is 6.42 Å². The Morgan fingerprint density at radius 1 is 1.33 bits per heavy atom. The van der Waals surface area contributed by atoms with Crippen LogP contribution in [0.3, 0.4) is 0 Å². The quantitative estimate of drug-likeness (QED) is 0.666. The summed E-state index contributed by atoms with van der Waals surface area (Å²) in [5, 5.41) is 17.8. The van der Waals surface area contributed by atoms with E-state index in [9.17, 15) is 9.59 Å². The smallest absolute Gasteiger partial charge is 0.315 e. The molecule has 0 aliphatic carbocycles. The van der Waals surface area contributed by atoms with Gasteiger partial charge >= 0.3 is 12.0 Å². The van der Waals surface area contributed by atoms with Crippen LogP contribution in [-0.2, 0) is 11.3 Å². The average Bonchev–Trinajstić information content (AvgIpc) is 2.78. The summed E-state index contributed by atoms with van der Waals surface area (Å²) in [4.78, 5) is 26.4. The molecule has 1 aromatic rings. The Kier molecular flexibility index (Phi) is 6.64. The Hall–Kier alpha value is -2.12. The molecule has 0 aliphatic heterocycles. The number of hydrogen-bond acceptors (Lipinski definition) is 5. The fraction of sp³-hybridized carbons (Fsp3) is 0.692. The SMILES string of the molecule is Cc1nc(CNC(=O)NC[C@H](CC(=O)O)CC(C)C)no1. The van der Waals surface area contributed by atoms with Crippen molar-refractivity contribution < 1.29 is 19.2 Å². The van der Waals surface area contributed by atoms with Gasteiger partial charge in [0.15, 0.2) is 5.82 Å². The fourth-order valence-electron chi connectivity index (χ4n) is 2.02. The molecule has 0 saturated heterocycles. The number of nitrogens with zero attached hydrogens (tertiary/aromatic N) is 2. The molecule has 3 N–H and O–H groups in total. The van der Waals surface area contributed by atoms with Crippen LogP contribution in [0.25, 0.3) is 0 Å². The summed E-state index contributed by atoms with van der Waals surface area (Å²) in [5.74, 6) is 0.268. The van der Waals surface area contributed by atoms with Gasteiger partial charge in [0.1, 0.15) is 0 Å². The number of carbonyl (C=O) groups is 2. The van der Waals surface area contributed by atoms with Crippen LogP contribution in [-0.4, -0.2) is 33.8 Å². The average molecular weight is 298 g/mol. The summed E-state index contributed by atoms with van der Waals surface area (Å²) in [6.07, 6.45) is 0.791. The molecule has 0 spiro atoms. The molecule has 0 fully saturated rings. The minimum Gasteiger partial charge on any atom is -0.481 e. The molecule has 1 rings (SSSR count). The molecule has 21 heavy (non-hydrogen) atoms. The fourth-order valence-corrected chi connectivity index (χ4v) is 2.02. The van der Waals surface area contributed by atoms with E-state index >= 15 is 0 Å². The molecule has 1 aromatic heterocycles. The predicted molar refractivity (Wildman–Crippen MR) is 74.5 cm³/mol. The Morgan fingerprint density at radius 2 is 2.05 bits per heavy atom. The van der Waals surface area contributed by atoms with E-state index in [0.29, 0.717) is 24.2 Å². The number of rotatable bonds is 8. The number of carbonyl (C=O) groups excluding carboxylic acids is 1. The van der Waals surface area contributed by atoms with Crippen molar-refractivity contribution >= 4 is 12.0 Å². The van der Waals surface area contributed by atoms with E-state index < -0.39 is 5.97 Å². The van der Waals surface area contributed by atoms with Crippen molar-refractivity contribution in [2.24, 2.45) is 11.8 Å². The Morgan fingerprint density at radius 3 is 2.57 bits per heavy atom. The van der Waals surface area contributed by atoms with Crippen molar-refractivity contribution in [2.75, 3.05) is 6.54 Å². The maximum absolute atomic E-state index is 11.6. The van der Waals surface area contributed by atoms with Gasteiger partial charge in [0, 0.05) is 19.9 Å². The van der Waals surface area contributed by atoms with Crippen LogP contribution >= 0.6 is 0 Å². The lowest BCUT2D eigenvalue weighted by atomic mass is 9.94. The molecular weight excluding hydrogens is 276 g/mol. The normalized spacial score (nSPS) is 12.2. The van der Waals surface area contributed by atoms with E-state index in [1.807, 2.05) is 13.8 Å². The second kappa shape index (κ2) is 8.23.